The van der Waals surface area contributed by atoms with Gasteiger partial charge in [0, 0.05) is 24.3 Å². The molecule has 4 N–H and O–H groups in total. The number of rotatable bonds is 4. The molecule has 6 nitrogen and oxygen atoms in total. The molecule has 3 amide bonds. The van der Waals surface area contributed by atoms with Crippen molar-refractivity contribution < 1.29 is 9.59 Å². The molecule has 1 saturated heterocycles. The van der Waals surface area contributed by atoms with Gasteiger partial charge in [-0.2, -0.15) is 0 Å². The fraction of sp³-hybridized carbons (Fsp3) is 0.310. The van der Waals surface area contributed by atoms with E-state index in [9.17, 15) is 9.59 Å². The molecular weight excluding hydrogens is 436 g/mol. The standard InChI is InChI=1S/C29H32N4O2/c30-25-14-11-23(21-7-3-1-4-8-21)19-26(25)32-27(34)22-9-12-24(13-10-22)31-28(35)33-18-17-29(20-33)15-5-2-6-16-29/h1,3-4,7-14,19H,2,5-6,15-18,20,30H2,(H,31,35)(H,32,34). The summed E-state index contributed by atoms with van der Waals surface area (Å²) in [5.41, 5.74) is 10.7. The largest absolute Gasteiger partial charge is 0.397 e. The van der Waals surface area contributed by atoms with Crippen molar-refractivity contribution in [1.29, 1.82) is 0 Å². The van der Waals surface area contributed by atoms with Gasteiger partial charge in [0.05, 0.1) is 11.4 Å². The van der Waals surface area contributed by atoms with Gasteiger partial charge in [0.25, 0.3) is 5.91 Å². The van der Waals surface area contributed by atoms with Crippen LogP contribution in [0.5, 0.6) is 0 Å². The minimum Gasteiger partial charge on any atom is -0.397 e. The van der Waals surface area contributed by atoms with E-state index in [0.717, 1.165) is 30.6 Å². The maximum atomic E-state index is 12.9. The normalized spacial score (nSPS) is 16.7. The third-order valence-corrected chi connectivity index (χ3v) is 7.45. The van der Waals surface area contributed by atoms with Crippen LogP contribution < -0.4 is 16.4 Å². The number of hydrogen-bond donors (Lipinski definition) is 3. The predicted molar refractivity (Wildman–Crippen MR) is 141 cm³/mol. The first kappa shape index (κ1) is 23.0. The van der Waals surface area contributed by atoms with Crippen LogP contribution in [0.1, 0.15) is 48.9 Å². The van der Waals surface area contributed by atoms with E-state index in [4.69, 9.17) is 5.73 Å². The van der Waals surface area contributed by atoms with Gasteiger partial charge in [0.15, 0.2) is 0 Å². The molecule has 1 heterocycles. The Morgan fingerprint density at radius 3 is 2.29 bits per heavy atom. The number of nitrogens with one attached hydrogen (secondary N) is 2. The van der Waals surface area contributed by atoms with E-state index in [0.29, 0.717) is 28.0 Å². The number of likely N-dealkylation sites (tertiary alicyclic amines) is 1. The zero-order valence-electron chi connectivity index (χ0n) is 19.9. The molecule has 0 radical (unpaired) electrons. The van der Waals surface area contributed by atoms with Crippen LogP contribution in [0.15, 0.2) is 72.8 Å². The number of urea groups is 1. The highest BCUT2D eigenvalue weighted by atomic mass is 16.2. The molecule has 0 bridgehead atoms. The van der Waals surface area contributed by atoms with Gasteiger partial charge >= 0.3 is 6.03 Å². The van der Waals surface area contributed by atoms with Crippen molar-refractivity contribution in [2.45, 2.75) is 38.5 Å². The number of nitrogen functional groups attached to an aromatic ring is 1. The van der Waals surface area contributed by atoms with Gasteiger partial charge < -0.3 is 21.3 Å². The quantitative estimate of drug-likeness (QED) is 0.389. The Morgan fingerprint density at radius 1 is 0.800 bits per heavy atom. The SMILES string of the molecule is Nc1ccc(-c2ccccc2)cc1NC(=O)c1ccc(NC(=O)N2CCC3(CCCCC3)C2)cc1. The number of benzene rings is 3. The molecule has 2 fully saturated rings. The van der Waals surface area contributed by atoms with E-state index in [1.807, 2.05) is 47.4 Å². The molecule has 180 valence electrons. The summed E-state index contributed by atoms with van der Waals surface area (Å²) in [5.74, 6) is -0.251. The van der Waals surface area contributed by atoms with E-state index >= 15 is 0 Å². The number of nitrogens with zero attached hydrogens (tertiary/aromatic N) is 1. The van der Waals surface area contributed by atoms with Gasteiger partial charge in [-0.3, -0.25) is 4.79 Å². The van der Waals surface area contributed by atoms with Crippen LogP contribution in [0.3, 0.4) is 0 Å². The Morgan fingerprint density at radius 2 is 1.54 bits per heavy atom. The molecule has 0 atom stereocenters. The van der Waals surface area contributed by atoms with E-state index in [2.05, 4.69) is 10.6 Å². The van der Waals surface area contributed by atoms with Crippen molar-refractivity contribution >= 4 is 29.0 Å². The number of amides is 3. The zero-order valence-corrected chi connectivity index (χ0v) is 19.9. The average molecular weight is 469 g/mol. The third kappa shape index (κ3) is 5.16. The van der Waals surface area contributed by atoms with Gasteiger partial charge in [0.1, 0.15) is 0 Å². The van der Waals surface area contributed by atoms with Gasteiger partial charge in [-0.1, -0.05) is 55.7 Å². The summed E-state index contributed by atoms with van der Waals surface area (Å²) in [5, 5.41) is 5.91. The van der Waals surface area contributed by atoms with Crippen LogP contribution in [-0.2, 0) is 0 Å². The number of anilines is 3. The minimum atomic E-state index is -0.251. The maximum Gasteiger partial charge on any atom is 0.321 e. The topological polar surface area (TPSA) is 87.5 Å². The second-order valence-corrected chi connectivity index (χ2v) is 9.86. The molecule has 1 spiro atoms. The molecule has 0 aromatic heterocycles. The van der Waals surface area contributed by atoms with E-state index in [-0.39, 0.29) is 11.9 Å². The highest BCUT2D eigenvalue weighted by Crippen LogP contribution is 2.43. The Hall–Kier alpha value is -3.80. The smallest absolute Gasteiger partial charge is 0.321 e. The van der Waals surface area contributed by atoms with Crippen LogP contribution in [0, 0.1) is 5.41 Å². The van der Waals surface area contributed by atoms with Crippen LogP contribution in [0.25, 0.3) is 11.1 Å². The second-order valence-electron chi connectivity index (χ2n) is 9.86. The van der Waals surface area contributed by atoms with E-state index < -0.39 is 0 Å². The molecule has 1 aliphatic carbocycles. The fourth-order valence-electron chi connectivity index (χ4n) is 5.40. The lowest BCUT2D eigenvalue weighted by Gasteiger charge is -2.33. The first-order valence-corrected chi connectivity index (χ1v) is 12.4. The summed E-state index contributed by atoms with van der Waals surface area (Å²) in [7, 11) is 0. The van der Waals surface area contributed by atoms with Crippen LogP contribution in [-0.4, -0.2) is 29.9 Å². The minimum absolute atomic E-state index is 0.0600. The third-order valence-electron chi connectivity index (χ3n) is 7.45. The van der Waals surface area contributed by atoms with Gasteiger partial charge in [0.2, 0.25) is 0 Å². The van der Waals surface area contributed by atoms with Gasteiger partial charge in [-0.05, 0) is 72.2 Å². The molecular formula is C29H32N4O2. The first-order chi connectivity index (χ1) is 17.0. The predicted octanol–water partition coefficient (Wildman–Crippen LogP) is 6.38. The summed E-state index contributed by atoms with van der Waals surface area (Å²) in [6, 6.07) is 22.5. The summed E-state index contributed by atoms with van der Waals surface area (Å²) in [6.45, 7) is 1.67. The Kier molecular flexibility index (Phi) is 6.45. The Labute approximate surface area is 206 Å². The van der Waals surface area contributed by atoms with Crippen LogP contribution in [0.4, 0.5) is 21.9 Å². The lowest BCUT2D eigenvalue weighted by atomic mass is 9.73. The highest BCUT2D eigenvalue weighted by Gasteiger charge is 2.40. The molecule has 2 aliphatic rings. The monoisotopic (exact) mass is 468 g/mol. The van der Waals surface area contributed by atoms with Crippen LogP contribution >= 0.6 is 0 Å². The molecule has 5 rings (SSSR count). The lowest BCUT2D eigenvalue weighted by Crippen LogP contribution is -2.36. The fourth-order valence-corrected chi connectivity index (χ4v) is 5.40. The maximum absolute atomic E-state index is 12.9. The summed E-state index contributed by atoms with van der Waals surface area (Å²) in [4.78, 5) is 27.6. The van der Waals surface area contributed by atoms with Crippen LogP contribution in [0.2, 0.25) is 0 Å². The van der Waals surface area contributed by atoms with Gasteiger partial charge in [-0.25, -0.2) is 4.79 Å². The molecule has 1 aliphatic heterocycles. The van der Waals surface area contributed by atoms with Crippen molar-refractivity contribution in [3.05, 3.63) is 78.4 Å². The molecule has 6 heteroatoms. The highest BCUT2D eigenvalue weighted by molar-refractivity contribution is 6.06. The first-order valence-electron chi connectivity index (χ1n) is 12.4. The van der Waals surface area contributed by atoms with Crippen molar-refractivity contribution in [2.24, 2.45) is 5.41 Å². The Bertz CT molecular complexity index is 1200. The van der Waals surface area contributed by atoms with Crippen molar-refractivity contribution in [2.75, 3.05) is 29.5 Å². The summed E-state index contributed by atoms with van der Waals surface area (Å²) >= 11 is 0. The zero-order chi connectivity index (χ0) is 24.3. The number of nitrogens with two attached hydrogens (primary N) is 1. The number of carbonyl (C=O) groups excluding carboxylic acids is 2. The summed E-state index contributed by atoms with van der Waals surface area (Å²) < 4.78 is 0. The van der Waals surface area contributed by atoms with Gasteiger partial charge in [-0.15, -0.1) is 0 Å². The average Bonchev–Trinajstić information content (AvgIpc) is 3.30. The second kappa shape index (κ2) is 9.82. The number of hydrogen-bond acceptors (Lipinski definition) is 3. The molecule has 3 aromatic carbocycles. The molecule has 1 saturated carbocycles. The summed E-state index contributed by atoms with van der Waals surface area (Å²) in [6.07, 6.45) is 7.45. The molecule has 0 unspecified atom stereocenters. The molecule has 3 aromatic rings. The number of carbonyl (C=O) groups is 2. The van der Waals surface area contributed by atoms with Crippen molar-refractivity contribution in [3.63, 3.8) is 0 Å². The van der Waals surface area contributed by atoms with Crippen molar-refractivity contribution in [1.82, 2.24) is 4.90 Å². The lowest BCUT2D eigenvalue weighted by molar-refractivity contribution is 0.102. The van der Waals surface area contributed by atoms with E-state index in [1.165, 1.54) is 32.1 Å². The molecule has 35 heavy (non-hydrogen) atoms. The van der Waals surface area contributed by atoms with Crippen molar-refractivity contribution in [3.8, 4) is 11.1 Å². The Balaban J connectivity index is 1.21. The van der Waals surface area contributed by atoms with E-state index in [1.54, 1.807) is 30.3 Å².